The Bertz CT molecular complexity index is 841. The molecule has 0 aromatic heterocycles. The van der Waals surface area contributed by atoms with Gasteiger partial charge in [-0.2, -0.15) is 0 Å². The summed E-state index contributed by atoms with van der Waals surface area (Å²) in [5.74, 6) is 1.50. The van der Waals surface area contributed by atoms with Crippen LogP contribution in [0.1, 0.15) is 22.8 Å². The number of benzene rings is 3. The normalized spacial score (nSPS) is 10.3. The summed E-state index contributed by atoms with van der Waals surface area (Å²) in [5, 5.41) is 0. The van der Waals surface area contributed by atoms with Crippen molar-refractivity contribution in [2.45, 2.75) is 13.5 Å². The highest BCUT2D eigenvalue weighted by Crippen LogP contribution is 2.37. The molecule has 0 heterocycles. The zero-order valence-corrected chi connectivity index (χ0v) is 14.1. The fraction of sp³-hybridized carbons (Fsp3) is 0.136. The maximum absolute atomic E-state index is 11.2. The highest BCUT2D eigenvalue weighted by molar-refractivity contribution is 5.83. The van der Waals surface area contributed by atoms with Crippen LogP contribution < -0.4 is 9.47 Å². The Morgan fingerprint density at radius 1 is 0.800 bits per heavy atom. The van der Waals surface area contributed by atoms with Gasteiger partial charge < -0.3 is 9.47 Å². The Morgan fingerprint density at radius 3 is 2.28 bits per heavy atom. The van der Waals surface area contributed by atoms with Crippen molar-refractivity contribution < 1.29 is 14.3 Å². The minimum Gasteiger partial charge on any atom is -0.493 e. The first kappa shape index (κ1) is 16.8. The molecule has 0 aliphatic carbocycles. The first-order chi connectivity index (χ1) is 12.3. The SMILES string of the molecule is CCOc1ccc(C=O)cc1-c1ccccc1OCc1ccccc1. The Kier molecular flexibility index (Phi) is 5.47. The summed E-state index contributed by atoms with van der Waals surface area (Å²) in [4.78, 5) is 11.2. The lowest BCUT2D eigenvalue weighted by atomic mass is 10.0. The molecule has 0 N–H and O–H groups in total. The Balaban J connectivity index is 1.96. The van der Waals surface area contributed by atoms with Gasteiger partial charge in [0.1, 0.15) is 24.4 Å². The molecule has 0 atom stereocenters. The monoisotopic (exact) mass is 332 g/mol. The lowest BCUT2D eigenvalue weighted by molar-refractivity contribution is 0.112. The van der Waals surface area contributed by atoms with Crippen molar-refractivity contribution >= 4 is 6.29 Å². The van der Waals surface area contributed by atoms with Gasteiger partial charge in [-0.05, 0) is 36.8 Å². The van der Waals surface area contributed by atoms with Crippen LogP contribution in [0.3, 0.4) is 0 Å². The Hall–Kier alpha value is -3.07. The molecule has 0 amide bonds. The van der Waals surface area contributed by atoms with E-state index in [0.29, 0.717) is 18.8 Å². The number of para-hydroxylation sites is 1. The highest BCUT2D eigenvalue weighted by Gasteiger charge is 2.12. The van der Waals surface area contributed by atoms with Gasteiger partial charge in [-0.25, -0.2) is 0 Å². The highest BCUT2D eigenvalue weighted by atomic mass is 16.5. The molecule has 0 spiro atoms. The molecule has 0 unspecified atom stereocenters. The van der Waals surface area contributed by atoms with Crippen molar-refractivity contribution in [3.8, 4) is 22.6 Å². The van der Waals surface area contributed by atoms with Gasteiger partial charge in [0.25, 0.3) is 0 Å². The second kappa shape index (κ2) is 8.15. The molecular formula is C22H20O3. The second-order valence-corrected chi connectivity index (χ2v) is 5.58. The molecule has 0 aliphatic heterocycles. The summed E-state index contributed by atoms with van der Waals surface area (Å²) in [6.07, 6.45) is 0.840. The summed E-state index contributed by atoms with van der Waals surface area (Å²) < 4.78 is 11.8. The van der Waals surface area contributed by atoms with E-state index in [2.05, 4.69) is 0 Å². The zero-order chi connectivity index (χ0) is 17.5. The summed E-state index contributed by atoms with van der Waals surface area (Å²) in [5.41, 5.74) is 3.47. The van der Waals surface area contributed by atoms with E-state index >= 15 is 0 Å². The van der Waals surface area contributed by atoms with Gasteiger partial charge in [0.05, 0.1) is 6.61 Å². The van der Waals surface area contributed by atoms with Crippen molar-refractivity contribution in [2.24, 2.45) is 0 Å². The second-order valence-electron chi connectivity index (χ2n) is 5.58. The number of aldehydes is 1. The van der Waals surface area contributed by atoms with Crippen molar-refractivity contribution in [3.63, 3.8) is 0 Å². The van der Waals surface area contributed by atoms with Crippen LogP contribution in [0.4, 0.5) is 0 Å². The molecule has 0 radical (unpaired) electrons. The zero-order valence-electron chi connectivity index (χ0n) is 14.1. The van der Waals surface area contributed by atoms with Crippen LogP contribution in [0.15, 0.2) is 72.8 Å². The first-order valence-corrected chi connectivity index (χ1v) is 8.30. The average molecular weight is 332 g/mol. The number of ether oxygens (including phenoxy) is 2. The minimum absolute atomic E-state index is 0.481. The van der Waals surface area contributed by atoms with Gasteiger partial charge in [-0.15, -0.1) is 0 Å². The molecule has 0 saturated heterocycles. The van der Waals surface area contributed by atoms with E-state index in [9.17, 15) is 4.79 Å². The fourth-order valence-electron chi connectivity index (χ4n) is 2.66. The van der Waals surface area contributed by atoms with E-state index in [-0.39, 0.29) is 0 Å². The van der Waals surface area contributed by atoms with Crippen molar-refractivity contribution in [1.29, 1.82) is 0 Å². The molecule has 3 rings (SSSR count). The van der Waals surface area contributed by atoms with Crippen molar-refractivity contribution in [3.05, 3.63) is 83.9 Å². The molecule has 0 fully saturated rings. The molecular weight excluding hydrogens is 312 g/mol. The number of carbonyl (C=O) groups excluding carboxylic acids is 1. The average Bonchev–Trinajstić information content (AvgIpc) is 2.68. The number of hydrogen-bond acceptors (Lipinski definition) is 3. The summed E-state index contributed by atoms with van der Waals surface area (Å²) in [7, 11) is 0. The van der Waals surface area contributed by atoms with Crippen LogP contribution in [-0.4, -0.2) is 12.9 Å². The molecule has 25 heavy (non-hydrogen) atoms. The molecule has 3 nitrogen and oxygen atoms in total. The van der Waals surface area contributed by atoms with Crippen LogP contribution in [0, 0.1) is 0 Å². The first-order valence-electron chi connectivity index (χ1n) is 8.30. The van der Waals surface area contributed by atoms with E-state index in [4.69, 9.17) is 9.47 Å². The van der Waals surface area contributed by atoms with E-state index in [1.54, 1.807) is 6.07 Å². The van der Waals surface area contributed by atoms with Gasteiger partial charge in [0.2, 0.25) is 0 Å². The van der Waals surface area contributed by atoms with E-state index in [1.165, 1.54) is 0 Å². The molecule has 0 saturated carbocycles. The smallest absolute Gasteiger partial charge is 0.150 e. The number of hydrogen-bond donors (Lipinski definition) is 0. The minimum atomic E-state index is 0.481. The van der Waals surface area contributed by atoms with E-state index < -0.39 is 0 Å². The molecule has 3 aromatic rings. The van der Waals surface area contributed by atoms with Gasteiger partial charge in [-0.1, -0.05) is 48.5 Å². The number of rotatable bonds is 7. The third kappa shape index (κ3) is 4.07. The largest absolute Gasteiger partial charge is 0.493 e. The van der Waals surface area contributed by atoms with E-state index in [0.717, 1.165) is 34.5 Å². The quantitative estimate of drug-likeness (QED) is 0.562. The van der Waals surface area contributed by atoms with Crippen LogP contribution in [-0.2, 0) is 6.61 Å². The third-order valence-corrected chi connectivity index (χ3v) is 3.85. The van der Waals surface area contributed by atoms with Gasteiger partial charge >= 0.3 is 0 Å². The Morgan fingerprint density at radius 2 is 1.52 bits per heavy atom. The fourth-order valence-corrected chi connectivity index (χ4v) is 2.66. The summed E-state index contributed by atoms with van der Waals surface area (Å²) in [6, 6.07) is 23.3. The van der Waals surface area contributed by atoms with Crippen LogP contribution in [0.5, 0.6) is 11.5 Å². The maximum atomic E-state index is 11.2. The summed E-state index contributed by atoms with van der Waals surface area (Å²) in [6.45, 7) is 2.98. The molecule has 126 valence electrons. The van der Waals surface area contributed by atoms with E-state index in [1.807, 2.05) is 73.7 Å². The lowest BCUT2D eigenvalue weighted by Crippen LogP contribution is -1.99. The molecule has 0 bridgehead atoms. The molecule has 3 aromatic carbocycles. The predicted molar refractivity (Wildman–Crippen MR) is 99.2 cm³/mol. The number of carbonyl (C=O) groups is 1. The van der Waals surface area contributed by atoms with Crippen molar-refractivity contribution in [1.82, 2.24) is 0 Å². The van der Waals surface area contributed by atoms with Crippen LogP contribution in [0.2, 0.25) is 0 Å². The molecule has 3 heteroatoms. The maximum Gasteiger partial charge on any atom is 0.150 e. The predicted octanol–water partition coefficient (Wildman–Crippen LogP) is 5.14. The van der Waals surface area contributed by atoms with Gasteiger partial charge in [0.15, 0.2) is 0 Å². The third-order valence-electron chi connectivity index (χ3n) is 3.85. The lowest BCUT2D eigenvalue weighted by Gasteiger charge is -2.15. The van der Waals surface area contributed by atoms with Gasteiger partial charge in [0, 0.05) is 16.7 Å². The van der Waals surface area contributed by atoms with Crippen LogP contribution >= 0.6 is 0 Å². The van der Waals surface area contributed by atoms with Crippen molar-refractivity contribution in [2.75, 3.05) is 6.61 Å². The summed E-state index contributed by atoms with van der Waals surface area (Å²) >= 11 is 0. The topological polar surface area (TPSA) is 35.5 Å². The standard InChI is InChI=1S/C22H20O3/c1-2-24-22-13-12-18(15-23)14-20(22)19-10-6-7-11-21(19)25-16-17-8-4-3-5-9-17/h3-15H,2,16H2,1H3. The van der Waals surface area contributed by atoms with Crippen LogP contribution in [0.25, 0.3) is 11.1 Å². The Labute approximate surface area is 147 Å². The van der Waals surface area contributed by atoms with Gasteiger partial charge in [-0.3, -0.25) is 4.79 Å². The molecule has 0 aliphatic rings.